The third-order valence-corrected chi connectivity index (χ3v) is 2.82. The molecule has 0 saturated carbocycles. The minimum Gasteiger partial charge on any atom is -0.345 e. The molecule has 0 radical (unpaired) electrons. The van der Waals surface area contributed by atoms with E-state index >= 15 is 0 Å². The van der Waals surface area contributed by atoms with Gasteiger partial charge in [-0.3, -0.25) is 4.79 Å². The molecule has 0 amide bonds. The molecular weight excluding hydrogens is 198 g/mol. The second kappa shape index (κ2) is 4.79. The number of hydrogen-bond donors (Lipinski definition) is 0. The van der Waals surface area contributed by atoms with Crippen LogP contribution in [-0.2, 0) is 6.54 Å². The Morgan fingerprint density at radius 3 is 2.62 bits per heavy atom. The number of nitrogens with zero attached hydrogens (tertiary/aromatic N) is 1. The molecule has 0 bridgehead atoms. The standard InChI is InChI=1S/C14H15NO/c1-12(13-6-3-2-4-7-13)10-15-9-5-8-14(15)11-16/h2-9,11-12H,10H2,1H3. The summed E-state index contributed by atoms with van der Waals surface area (Å²) < 4.78 is 1.99. The van der Waals surface area contributed by atoms with Crippen molar-refractivity contribution in [3.63, 3.8) is 0 Å². The van der Waals surface area contributed by atoms with Crippen LogP contribution in [0.2, 0.25) is 0 Å². The molecule has 0 saturated heterocycles. The van der Waals surface area contributed by atoms with Crippen LogP contribution in [0.1, 0.15) is 28.9 Å². The first-order valence-electron chi connectivity index (χ1n) is 5.46. The summed E-state index contributed by atoms with van der Waals surface area (Å²) in [7, 11) is 0. The largest absolute Gasteiger partial charge is 0.345 e. The first-order valence-corrected chi connectivity index (χ1v) is 5.46. The summed E-state index contributed by atoms with van der Waals surface area (Å²) in [5.41, 5.74) is 2.04. The summed E-state index contributed by atoms with van der Waals surface area (Å²) in [6.45, 7) is 3.01. The summed E-state index contributed by atoms with van der Waals surface area (Å²) in [6, 6.07) is 14.1. The predicted molar refractivity (Wildman–Crippen MR) is 64.7 cm³/mol. The second-order valence-corrected chi connectivity index (χ2v) is 4.01. The summed E-state index contributed by atoms with van der Waals surface area (Å²) in [6.07, 6.45) is 2.85. The van der Waals surface area contributed by atoms with Crippen molar-refractivity contribution in [2.24, 2.45) is 0 Å². The van der Waals surface area contributed by atoms with E-state index < -0.39 is 0 Å². The summed E-state index contributed by atoms with van der Waals surface area (Å²) in [5, 5.41) is 0. The van der Waals surface area contributed by atoms with Crippen molar-refractivity contribution >= 4 is 6.29 Å². The van der Waals surface area contributed by atoms with Crippen LogP contribution in [0.3, 0.4) is 0 Å². The first-order chi connectivity index (χ1) is 7.81. The molecule has 16 heavy (non-hydrogen) atoms. The first kappa shape index (κ1) is 10.7. The van der Waals surface area contributed by atoms with Gasteiger partial charge in [-0.15, -0.1) is 0 Å². The summed E-state index contributed by atoms with van der Waals surface area (Å²) in [4.78, 5) is 10.8. The highest BCUT2D eigenvalue weighted by Crippen LogP contribution is 2.17. The van der Waals surface area contributed by atoms with Gasteiger partial charge < -0.3 is 4.57 Å². The molecule has 2 rings (SSSR count). The Kier molecular flexibility index (Phi) is 3.20. The quantitative estimate of drug-likeness (QED) is 0.715. The van der Waals surface area contributed by atoms with Gasteiger partial charge in [-0.2, -0.15) is 0 Å². The van der Waals surface area contributed by atoms with Crippen molar-refractivity contribution in [1.82, 2.24) is 4.57 Å². The van der Waals surface area contributed by atoms with Crippen LogP contribution in [0.15, 0.2) is 48.7 Å². The molecule has 0 N–H and O–H groups in total. The Bertz CT molecular complexity index is 459. The second-order valence-electron chi connectivity index (χ2n) is 4.01. The molecule has 2 heteroatoms. The summed E-state index contributed by atoms with van der Waals surface area (Å²) in [5.74, 6) is 0.410. The van der Waals surface area contributed by atoms with Gasteiger partial charge in [0.1, 0.15) is 0 Å². The molecule has 1 unspecified atom stereocenters. The van der Waals surface area contributed by atoms with Crippen LogP contribution in [0.25, 0.3) is 0 Å². The fourth-order valence-electron chi connectivity index (χ4n) is 1.88. The highest BCUT2D eigenvalue weighted by atomic mass is 16.1. The topological polar surface area (TPSA) is 22.0 Å². The molecule has 1 aromatic carbocycles. The smallest absolute Gasteiger partial charge is 0.166 e. The Balaban J connectivity index is 2.14. The Morgan fingerprint density at radius 1 is 1.19 bits per heavy atom. The minimum absolute atomic E-state index is 0.410. The van der Waals surface area contributed by atoms with E-state index in [2.05, 4.69) is 19.1 Å². The Hall–Kier alpha value is -1.83. The zero-order chi connectivity index (χ0) is 11.4. The van der Waals surface area contributed by atoms with Crippen LogP contribution in [0.5, 0.6) is 0 Å². The van der Waals surface area contributed by atoms with E-state index in [9.17, 15) is 4.79 Å². The number of carbonyl (C=O) groups is 1. The molecule has 0 aliphatic heterocycles. The fraction of sp³-hybridized carbons (Fsp3) is 0.214. The monoisotopic (exact) mass is 213 g/mol. The van der Waals surface area contributed by atoms with Gasteiger partial charge in [-0.1, -0.05) is 37.3 Å². The van der Waals surface area contributed by atoms with Gasteiger partial charge in [0.05, 0.1) is 5.69 Å². The van der Waals surface area contributed by atoms with E-state index in [0.717, 1.165) is 18.5 Å². The van der Waals surface area contributed by atoms with E-state index in [0.29, 0.717) is 5.92 Å². The zero-order valence-electron chi connectivity index (χ0n) is 9.34. The van der Waals surface area contributed by atoms with Crippen molar-refractivity contribution < 1.29 is 4.79 Å². The molecule has 1 atom stereocenters. The maximum atomic E-state index is 10.8. The third kappa shape index (κ3) is 2.22. The highest BCUT2D eigenvalue weighted by Gasteiger charge is 2.07. The normalized spacial score (nSPS) is 12.3. The average molecular weight is 213 g/mol. The molecule has 2 nitrogen and oxygen atoms in total. The fourth-order valence-corrected chi connectivity index (χ4v) is 1.88. The molecule has 0 spiro atoms. The number of rotatable bonds is 4. The predicted octanol–water partition coefficient (Wildman–Crippen LogP) is 3.10. The van der Waals surface area contributed by atoms with Crippen LogP contribution in [0, 0.1) is 0 Å². The van der Waals surface area contributed by atoms with Gasteiger partial charge in [-0.05, 0) is 23.6 Å². The molecule has 0 aliphatic carbocycles. The molecular formula is C14H15NO. The zero-order valence-corrected chi connectivity index (χ0v) is 9.34. The van der Waals surface area contributed by atoms with Crippen molar-refractivity contribution in [2.45, 2.75) is 19.4 Å². The van der Waals surface area contributed by atoms with Crippen LogP contribution < -0.4 is 0 Å². The van der Waals surface area contributed by atoms with E-state index in [4.69, 9.17) is 0 Å². The lowest BCUT2D eigenvalue weighted by Gasteiger charge is -2.13. The maximum absolute atomic E-state index is 10.8. The number of carbonyl (C=O) groups excluding carboxylic acids is 1. The van der Waals surface area contributed by atoms with Crippen molar-refractivity contribution in [2.75, 3.05) is 0 Å². The van der Waals surface area contributed by atoms with Crippen molar-refractivity contribution in [1.29, 1.82) is 0 Å². The van der Waals surface area contributed by atoms with Gasteiger partial charge in [0.25, 0.3) is 0 Å². The lowest BCUT2D eigenvalue weighted by Crippen LogP contribution is -2.07. The average Bonchev–Trinajstić information content (AvgIpc) is 2.77. The van der Waals surface area contributed by atoms with Crippen LogP contribution >= 0.6 is 0 Å². The minimum atomic E-state index is 0.410. The SMILES string of the molecule is CC(Cn1cccc1C=O)c1ccccc1. The van der Waals surface area contributed by atoms with E-state index in [1.165, 1.54) is 5.56 Å². The molecule has 82 valence electrons. The maximum Gasteiger partial charge on any atom is 0.166 e. The van der Waals surface area contributed by atoms with Gasteiger partial charge in [-0.25, -0.2) is 0 Å². The highest BCUT2D eigenvalue weighted by molar-refractivity contribution is 5.72. The van der Waals surface area contributed by atoms with E-state index in [-0.39, 0.29) is 0 Å². The van der Waals surface area contributed by atoms with Gasteiger partial charge in [0.15, 0.2) is 6.29 Å². The number of benzene rings is 1. The molecule has 2 aromatic rings. The lowest BCUT2D eigenvalue weighted by molar-refractivity contribution is 0.111. The molecule has 0 fully saturated rings. The van der Waals surface area contributed by atoms with Crippen molar-refractivity contribution in [3.8, 4) is 0 Å². The Morgan fingerprint density at radius 2 is 1.94 bits per heavy atom. The summed E-state index contributed by atoms with van der Waals surface area (Å²) >= 11 is 0. The third-order valence-electron chi connectivity index (χ3n) is 2.82. The van der Waals surface area contributed by atoms with E-state index in [1.54, 1.807) is 0 Å². The van der Waals surface area contributed by atoms with Gasteiger partial charge in [0.2, 0.25) is 0 Å². The number of aromatic nitrogens is 1. The molecule has 1 heterocycles. The number of aldehydes is 1. The molecule has 0 aliphatic rings. The number of hydrogen-bond acceptors (Lipinski definition) is 1. The van der Waals surface area contributed by atoms with Crippen molar-refractivity contribution in [3.05, 3.63) is 59.9 Å². The van der Waals surface area contributed by atoms with E-state index in [1.807, 2.05) is 41.1 Å². The molecule has 1 aromatic heterocycles. The Labute approximate surface area is 95.5 Å². The lowest BCUT2D eigenvalue weighted by atomic mass is 10.0. The van der Waals surface area contributed by atoms with Crippen LogP contribution in [-0.4, -0.2) is 10.9 Å². The van der Waals surface area contributed by atoms with Gasteiger partial charge in [0, 0.05) is 12.7 Å². The van der Waals surface area contributed by atoms with Gasteiger partial charge >= 0.3 is 0 Å². The van der Waals surface area contributed by atoms with Crippen LogP contribution in [0.4, 0.5) is 0 Å².